The Morgan fingerprint density at radius 1 is 1.00 bits per heavy atom. The molecule has 0 saturated heterocycles. The van der Waals surface area contributed by atoms with Gasteiger partial charge in [-0.1, -0.05) is 34.3 Å². The van der Waals surface area contributed by atoms with Crippen molar-refractivity contribution in [3.05, 3.63) is 12.2 Å². The number of carbonyl (C=O) groups excluding carboxylic acids is 3. The molecule has 0 N–H and O–H groups in total. The van der Waals surface area contributed by atoms with Crippen LogP contribution in [0.4, 0.5) is 0 Å². The lowest BCUT2D eigenvalue weighted by molar-refractivity contribution is -0.183. The topological polar surface area (TPSA) is 78.9 Å². The van der Waals surface area contributed by atoms with Crippen molar-refractivity contribution in [3.8, 4) is 0 Å². The average molecular weight is 328 g/mol. The molecule has 132 valence electrons. The van der Waals surface area contributed by atoms with E-state index in [1.807, 2.05) is 0 Å². The first-order valence-electron chi connectivity index (χ1n) is 7.51. The molecule has 0 aliphatic rings. The summed E-state index contributed by atoms with van der Waals surface area (Å²) in [5.41, 5.74) is -1.63. The van der Waals surface area contributed by atoms with E-state index in [0.29, 0.717) is 5.57 Å². The molecule has 0 bridgehead atoms. The second kappa shape index (κ2) is 8.13. The van der Waals surface area contributed by atoms with Gasteiger partial charge < -0.3 is 14.2 Å². The van der Waals surface area contributed by atoms with Crippen molar-refractivity contribution in [1.29, 1.82) is 0 Å². The lowest BCUT2D eigenvalue weighted by atomic mass is 9.96. The molecule has 0 atom stereocenters. The molecular formula is C17H28O6. The standard InChI is InChI=1S/C17H28O6/c1-11(2)13(18)21-9-16(5,6)10-22-15(20)17(7,8)23-14(19)12(3)4/h12H,1,9-10H2,2-8H3. The van der Waals surface area contributed by atoms with Crippen LogP contribution in [-0.2, 0) is 28.6 Å². The Labute approximate surface area is 138 Å². The van der Waals surface area contributed by atoms with Gasteiger partial charge in [0, 0.05) is 11.0 Å². The number of ether oxygens (including phenoxy) is 3. The fourth-order valence-electron chi connectivity index (χ4n) is 1.27. The molecule has 0 aliphatic heterocycles. The molecular weight excluding hydrogens is 300 g/mol. The average Bonchev–Trinajstić information content (AvgIpc) is 2.41. The minimum absolute atomic E-state index is 0.0258. The van der Waals surface area contributed by atoms with Gasteiger partial charge in [-0.05, 0) is 20.8 Å². The zero-order valence-corrected chi connectivity index (χ0v) is 15.1. The summed E-state index contributed by atoms with van der Waals surface area (Å²) in [5.74, 6) is -1.94. The maximum Gasteiger partial charge on any atom is 0.350 e. The second-order valence-corrected chi connectivity index (χ2v) is 7.18. The van der Waals surface area contributed by atoms with Gasteiger partial charge in [-0.25, -0.2) is 9.59 Å². The Balaban J connectivity index is 4.52. The van der Waals surface area contributed by atoms with E-state index in [-0.39, 0.29) is 19.1 Å². The minimum atomic E-state index is -1.37. The van der Waals surface area contributed by atoms with Crippen LogP contribution in [0.2, 0.25) is 0 Å². The van der Waals surface area contributed by atoms with Crippen molar-refractivity contribution in [1.82, 2.24) is 0 Å². The van der Waals surface area contributed by atoms with Gasteiger partial charge in [0.1, 0.15) is 0 Å². The monoisotopic (exact) mass is 328 g/mol. The molecule has 6 heteroatoms. The number of rotatable bonds is 8. The third-order valence-corrected chi connectivity index (χ3v) is 2.86. The zero-order valence-electron chi connectivity index (χ0n) is 15.1. The van der Waals surface area contributed by atoms with Gasteiger partial charge in [0.2, 0.25) is 5.60 Å². The first-order chi connectivity index (χ1) is 10.3. The number of carbonyl (C=O) groups is 3. The van der Waals surface area contributed by atoms with Gasteiger partial charge in [0.15, 0.2) is 0 Å². The van der Waals surface area contributed by atoms with E-state index in [1.165, 1.54) is 13.8 Å². The van der Waals surface area contributed by atoms with Gasteiger partial charge in [-0.3, -0.25) is 4.79 Å². The Kier molecular flexibility index (Phi) is 7.48. The second-order valence-electron chi connectivity index (χ2n) is 7.18. The van der Waals surface area contributed by atoms with E-state index in [1.54, 1.807) is 34.6 Å². The maximum absolute atomic E-state index is 12.1. The number of esters is 3. The highest BCUT2D eigenvalue weighted by molar-refractivity contribution is 5.87. The van der Waals surface area contributed by atoms with E-state index in [2.05, 4.69) is 6.58 Å². The largest absolute Gasteiger partial charge is 0.462 e. The first kappa shape index (κ1) is 21.1. The normalized spacial score (nSPS) is 11.8. The molecule has 0 aromatic heterocycles. The van der Waals surface area contributed by atoms with Gasteiger partial charge in [-0.15, -0.1) is 0 Å². The van der Waals surface area contributed by atoms with Crippen molar-refractivity contribution in [2.24, 2.45) is 11.3 Å². The lowest BCUT2D eigenvalue weighted by Gasteiger charge is -2.28. The van der Waals surface area contributed by atoms with Crippen LogP contribution in [0.5, 0.6) is 0 Å². The summed E-state index contributed by atoms with van der Waals surface area (Å²) in [6.07, 6.45) is 0. The fraction of sp³-hybridized carbons (Fsp3) is 0.706. The molecule has 0 amide bonds. The quantitative estimate of drug-likeness (QED) is 0.387. The molecule has 0 aliphatic carbocycles. The number of hydrogen-bond acceptors (Lipinski definition) is 6. The third-order valence-electron chi connectivity index (χ3n) is 2.86. The summed E-state index contributed by atoms with van der Waals surface area (Å²) in [7, 11) is 0. The van der Waals surface area contributed by atoms with Crippen molar-refractivity contribution >= 4 is 17.9 Å². The van der Waals surface area contributed by atoms with Crippen molar-refractivity contribution in [2.75, 3.05) is 13.2 Å². The van der Waals surface area contributed by atoms with Crippen molar-refractivity contribution in [2.45, 2.75) is 54.1 Å². The highest BCUT2D eigenvalue weighted by Gasteiger charge is 2.36. The molecule has 0 rings (SSSR count). The van der Waals surface area contributed by atoms with Gasteiger partial charge in [0.05, 0.1) is 19.1 Å². The Hall–Kier alpha value is -1.85. The van der Waals surface area contributed by atoms with Crippen LogP contribution in [0.3, 0.4) is 0 Å². The molecule has 0 spiro atoms. The maximum atomic E-state index is 12.1. The van der Waals surface area contributed by atoms with Crippen LogP contribution in [0.25, 0.3) is 0 Å². The SMILES string of the molecule is C=C(C)C(=O)OCC(C)(C)COC(=O)C(C)(C)OC(=O)C(C)C. The van der Waals surface area contributed by atoms with Gasteiger partial charge >= 0.3 is 17.9 Å². The number of hydrogen-bond donors (Lipinski definition) is 0. The Bertz CT molecular complexity index is 473. The van der Waals surface area contributed by atoms with E-state index in [0.717, 1.165) is 0 Å². The molecule has 0 fully saturated rings. The van der Waals surface area contributed by atoms with E-state index in [9.17, 15) is 14.4 Å². The molecule has 0 unspecified atom stereocenters. The van der Waals surface area contributed by atoms with Crippen molar-refractivity contribution in [3.63, 3.8) is 0 Å². The summed E-state index contributed by atoms with van der Waals surface area (Å²) >= 11 is 0. The Morgan fingerprint density at radius 3 is 1.91 bits per heavy atom. The summed E-state index contributed by atoms with van der Waals surface area (Å²) < 4.78 is 15.4. The molecule has 0 aromatic rings. The lowest BCUT2D eigenvalue weighted by Crippen LogP contribution is -2.41. The molecule has 23 heavy (non-hydrogen) atoms. The fourth-order valence-corrected chi connectivity index (χ4v) is 1.27. The third kappa shape index (κ3) is 7.81. The smallest absolute Gasteiger partial charge is 0.350 e. The zero-order chi connectivity index (χ0) is 18.4. The van der Waals surface area contributed by atoms with Crippen LogP contribution < -0.4 is 0 Å². The van der Waals surface area contributed by atoms with E-state index in [4.69, 9.17) is 14.2 Å². The van der Waals surface area contributed by atoms with Crippen LogP contribution in [0, 0.1) is 11.3 Å². The van der Waals surface area contributed by atoms with E-state index < -0.39 is 28.9 Å². The highest BCUT2D eigenvalue weighted by Crippen LogP contribution is 2.20. The molecule has 0 saturated carbocycles. The predicted molar refractivity (Wildman–Crippen MR) is 85.5 cm³/mol. The van der Waals surface area contributed by atoms with Crippen LogP contribution in [0.15, 0.2) is 12.2 Å². The molecule has 0 heterocycles. The predicted octanol–water partition coefficient (Wildman–Crippen LogP) is 2.65. The van der Waals surface area contributed by atoms with Gasteiger partial charge in [0.25, 0.3) is 0 Å². The van der Waals surface area contributed by atoms with Gasteiger partial charge in [-0.2, -0.15) is 0 Å². The molecule has 0 radical (unpaired) electrons. The summed E-state index contributed by atoms with van der Waals surface area (Å²) in [6, 6.07) is 0. The van der Waals surface area contributed by atoms with Crippen LogP contribution >= 0.6 is 0 Å². The summed E-state index contributed by atoms with van der Waals surface area (Å²) in [6.45, 7) is 15.1. The Morgan fingerprint density at radius 2 is 1.48 bits per heavy atom. The first-order valence-corrected chi connectivity index (χ1v) is 7.51. The summed E-state index contributed by atoms with van der Waals surface area (Å²) in [5, 5.41) is 0. The highest BCUT2D eigenvalue weighted by atomic mass is 16.6. The molecule has 6 nitrogen and oxygen atoms in total. The van der Waals surface area contributed by atoms with E-state index >= 15 is 0 Å². The van der Waals surface area contributed by atoms with Crippen LogP contribution in [0.1, 0.15) is 48.5 Å². The summed E-state index contributed by atoms with van der Waals surface area (Å²) in [4.78, 5) is 35.1. The van der Waals surface area contributed by atoms with Crippen molar-refractivity contribution < 1.29 is 28.6 Å². The minimum Gasteiger partial charge on any atom is -0.462 e. The molecule has 0 aromatic carbocycles. The van der Waals surface area contributed by atoms with Crippen LogP contribution in [-0.4, -0.2) is 36.7 Å².